The van der Waals surface area contributed by atoms with Gasteiger partial charge >= 0.3 is 0 Å². The minimum absolute atomic E-state index is 0.118. The number of amides is 1. The zero-order chi connectivity index (χ0) is 21.0. The predicted molar refractivity (Wildman–Crippen MR) is 114 cm³/mol. The van der Waals surface area contributed by atoms with Crippen LogP contribution in [0.15, 0.2) is 34.5 Å². The Bertz CT molecular complexity index is 1070. The van der Waals surface area contributed by atoms with Crippen LogP contribution < -0.4 is 16.2 Å². The third-order valence-corrected chi connectivity index (χ3v) is 4.86. The number of rotatable bonds is 8. The van der Waals surface area contributed by atoms with Crippen LogP contribution in [-0.4, -0.2) is 49.6 Å². The molecule has 0 aliphatic rings. The second-order valence-corrected chi connectivity index (χ2v) is 7.81. The van der Waals surface area contributed by atoms with Crippen LogP contribution in [0.4, 0.5) is 5.82 Å². The number of pyridine rings is 1. The lowest BCUT2D eigenvalue weighted by Crippen LogP contribution is -2.33. The van der Waals surface area contributed by atoms with Crippen molar-refractivity contribution < 1.29 is 4.79 Å². The molecule has 2 N–H and O–H groups in total. The minimum atomic E-state index is -0.402. The smallest absolute Gasteiger partial charge is 0.263 e. The van der Waals surface area contributed by atoms with E-state index in [9.17, 15) is 9.59 Å². The van der Waals surface area contributed by atoms with E-state index in [4.69, 9.17) is 0 Å². The Balaban J connectivity index is 1.75. The first kappa shape index (κ1) is 20.8. The van der Waals surface area contributed by atoms with Crippen molar-refractivity contribution in [1.29, 1.82) is 0 Å². The molecule has 10 heteroatoms. The molecule has 0 aromatic carbocycles. The molecule has 154 valence electrons. The summed E-state index contributed by atoms with van der Waals surface area (Å²) in [7, 11) is 1.61. The molecule has 3 aromatic heterocycles. The fraction of sp³-hybridized carbons (Fsp3) is 0.421. The second kappa shape index (κ2) is 9.08. The molecule has 0 radical (unpaired) electrons. The van der Waals surface area contributed by atoms with Gasteiger partial charge in [0.15, 0.2) is 10.8 Å². The molecule has 0 fully saturated rings. The molecule has 3 heterocycles. The van der Waals surface area contributed by atoms with Gasteiger partial charge in [0.2, 0.25) is 0 Å². The van der Waals surface area contributed by atoms with Crippen LogP contribution in [0.3, 0.4) is 0 Å². The number of fused-ring (bicyclic) bond motifs is 1. The number of thioether (sulfide) groups is 1. The third-order valence-electron chi connectivity index (χ3n) is 4.31. The van der Waals surface area contributed by atoms with E-state index < -0.39 is 5.91 Å². The fourth-order valence-electron chi connectivity index (χ4n) is 2.77. The molecule has 0 unspecified atom stereocenters. The molecule has 1 amide bonds. The average Bonchev–Trinajstić information content (AvgIpc) is 3.11. The molecule has 0 bridgehead atoms. The Hall–Kier alpha value is -2.88. The van der Waals surface area contributed by atoms with Gasteiger partial charge in [-0.2, -0.15) is 5.10 Å². The fourth-order valence-corrected chi connectivity index (χ4v) is 3.13. The first-order chi connectivity index (χ1) is 13.9. The Morgan fingerprint density at radius 3 is 2.83 bits per heavy atom. The van der Waals surface area contributed by atoms with Crippen LogP contribution in [0.5, 0.6) is 0 Å². The zero-order valence-electron chi connectivity index (χ0n) is 17.0. The van der Waals surface area contributed by atoms with E-state index in [0.29, 0.717) is 29.8 Å². The molecule has 3 aromatic rings. The van der Waals surface area contributed by atoms with E-state index in [1.54, 1.807) is 30.2 Å². The number of nitrogens with one attached hydrogen (secondary N) is 2. The van der Waals surface area contributed by atoms with Gasteiger partial charge < -0.3 is 15.2 Å². The van der Waals surface area contributed by atoms with Gasteiger partial charge in [-0.3, -0.25) is 9.59 Å². The van der Waals surface area contributed by atoms with E-state index >= 15 is 0 Å². The summed E-state index contributed by atoms with van der Waals surface area (Å²) >= 11 is 1.46. The van der Waals surface area contributed by atoms with Crippen molar-refractivity contribution in [3.05, 3.63) is 40.4 Å². The molecule has 0 aliphatic carbocycles. The molecule has 0 aliphatic heterocycles. The van der Waals surface area contributed by atoms with E-state index in [2.05, 4.69) is 39.5 Å². The number of anilines is 1. The second-order valence-electron chi connectivity index (χ2n) is 7.03. The number of aryl methyl sites for hydroxylation is 1. The molecular weight excluding hydrogens is 390 g/mol. The molecule has 0 saturated carbocycles. The molecule has 0 saturated heterocycles. The Morgan fingerprint density at radius 1 is 1.31 bits per heavy atom. The monoisotopic (exact) mass is 415 g/mol. The largest absolute Gasteiger partial charge is 0.369 e. The van der Waals surface area contributed by atoms with Crippen molar-refractivity contribution in [3.63, 3.8) is 0 Å². The van der Waals surface area contributed by atoms with Crippen molar-refractivity contribution in [2.75, 3.05) is 24.7 Å². The van der Waals surface area contributed by atoms with Crippen LogP contribution in [0, 0.1) is 5.92 Å². The average molecular weight is 416 g/mol. The highest BCUT2D eigenvalue weighted by Crippen LogP contribution is 2.23. The number of aromatic nitrogens is 5. The minimum Gasteiger partial charge on any atom is -0.369 e. The normalized spacial score (nSPS) is 11.2. The van der Waals surface area contributed by atoms with Gasteiger partial charge in [0.1, 0.15) is 11.4 Å². The Labute approximate surface area is 172 Å². The highest BCUT2D eigenvalue weighted by molar-refractivity contribution is 7.98. The summed E-state index contributed by atoms with van der Waals surface area (Å²) in [6.45, 7) is 5.81. The lowest BCUT2D eigenvalue weighted by atomic mass is 10.2. The van der Waals surface area contributed by atoms with Crippen molar-refractivity contribution in [2.45, 2.75) is 25.5 Å². The van der Waals surface area contributed by atoms with Gasteiger partial charge in [-0.15, -0.1) is 0 Å². The first-order valence-electron chi connectivity index (χ1n) is 9.36. The zero-order valence-corrected chi connectivity index (χ0v) is 17.8. The lowest BCUT2D eigenvalue weighted by molar-refractivity contribution is 0.0950. The maximum atomic E-state index is 12.3. The van der Waals surface area contributed by atoms with Crippen molar-refractivity contribution in [3.8, 4) is 0 Å². The third kappa shape index (κ3) is 4.76. The summed E-state index contributed by atoms with van der Waals surface area (Å²) < 4.78 is 3.11. The van der Waals surface area contributed by atoms with Crippen molar-refractivity contribution >= 4 is 34.5 Å². The van der Waals surface area contributed by atoms with Crippen LogP contribution >= 0.6 is 11.8 Å². The molecule has 0 atom stereocenters. The molecule has 9 nitrogen and oxygen atoms in total. The van der Waals surface area contributed by atoms with E-state index in [0.717, 1.165) is 17.7 Å². The highest BCUT2D eigenvalue weighted by Gasteiger charge is 2.14. The van der Waals surface area contributed by atoms with Crippen LogP contribution in [0.25, 0.3) is 11.0 Å². The maximum absolute atomic E-state index is 12.3. The topological polar surface area (TPSA) is 107 Å². The predicted octanol–water partition coefficient (Wildman–Crippen LogP) is 1.74. The number of carbonyl (C=O) groups is 1. The Kier molecular flexibility index (Phi) is 6.53. The summed E-state index contributed by atoms with van der Waals surface area (Å²) in [6, 6.07) is 3.19. The van der Waals surface area contributed by atoms with Crippen molar-refractivity contribution in [1.82, 2.24) is 29.6 Å². The molecular formula is C19H25N7O2S. The lowest BCUT2D eigenvalue weighted by Gasteiger charge is -2.11. The van der Waals surface area contributed by atoms with Gasteiger partial charge in [-0.05, 0) is 24.3 Å². The first-order valence-corrected chi connectivity index (χ1v) is 10.6. The van der Waals surface area contributed by atoms with Gasteiger partial charge in [0.05, 0.1) is 18.1 Å². The van der Waals surface area contributed by atoms with Gasteiger partial charge in [-0.25, -0.2) is 14.6 Å². The summed E-state index contributed by atoms with van der Waals surface area (Å²) in [6.07, 6.45) is 5.27. The van der Waals surface area contributed by atoms with Crippen LogP contribution in [0.2, 0.25) is 0 Å². The molecule has 29 heavy (non-hydrogen) atoms. The maximum Gasteiger partial charge on any atom is 0.263 e. The van der Waals surface area contributed by atoms with Gasteiger partial charge in [-0.1, -0.05) is 25.6 Å². The summed E-state index contributed by atoms with van der Waals surface area (Å²) in [5, 5.41) is 12.0. The van der Waals surface area contributed by atoms with Crippen molar-refractivity contribution in [2.24, 2.45) is 13.0 Å². The summed E-state index contributed by atoms with van der Waals surface area (Å²) in [5.74, 6) is 0.839. The van der Waals surface area contributed by atoms with E-state index in [1.807, 2.05) is 6.26 Å². The van der Waals surface area contributed by atoms with E-state index in [1.165, 1.54) is 22.4 Å². The van der Waals surface area contributed by atoms with Crippen LogP contribution in [-0.2, 0) is 13.6 Å². The van der Waals surface area contributed by atoms with Gasteiger partial charge in [0.25, 0.3) is 11.5 Å². The number of hydrogen-bond acceptors (Lipinski definition) is 7. The SMILES string of the molecule is CSc1nc(NCC(C)C)c2cnn(CCNC(=O)c3cccn(C)c3=O)c2n1. The summed E-state index contributed by atoms with van der Waals surface area (Å²) in [4.78, 5) is 33.5. The number of hydrogen-bond donors (Lipinski definition) is 2. The number of nitrogens with zero attached hydrogens (tertiary/aromatic N) is 5. The Morgan fingerprint density at radius 2 is 2.10 bits per heavy atom. The molecule has 0 spiro atoms. The molecule has 3 rings (SSSR count). The quantitative estimate of drug-likeness (QED) is 0.426. The van der Waals surface area contributed by atoms with Crippen LogP contribution in [0.1, 0.15) is 24.2 Å². The number of carbonyl (C=O) groups excluding carboxylic acids is 1. The standard InChI is InChI=1S/C19H25N7O2S/c1-12(2)10-21-15-14-11-22-26(16(14)24-19(23-15)29-4)9-7-20-17(27)13-6-5-8-25(3)18(13)28/h5-6,8,11-12H,7,9-10H2,1-4H3,(H,20,27)(H,21,23,24). The van der Waals surface area contributed by atoms with E-state index in [-0.39, 0.29) is 11.1 Å². The highest BCUT2D eigenvalue weighted by atomic mass is 32.2. The summed E-state index contributed by atoms with van der Waals surface area (Å²) in [5.41, 5.74) is 0.501. The van der Waals surface area contributed by atoms with Gasteiger partial charge in [0, 0.05) is 26.3 Å².